The molecule has 5 heteroatoms. The van der Waals surface area contributed by atoms with Crippen molar-refractivity contribution in [2.75, 3.05) is 0 Å². The molecule has 3 heterocycles. The number of hydrogen-bond donors (Lipinski definition) is 0. The molecule has 0 fully saturated rings. The summed E-state index contributed by atoms with van der Waals surface area (Å²) in [5, 5.41) is 10.9. The second-order valence-corrected chi connectivity index (χ2v) is 14.3. The van der Waals surface area contributed by atoms with E-state index in [0.29, 0.717) is 17.5 Å². The first-order valence-electron chi connectivity index (χ1n) is 18.8. The van der Waals surface area contributed by atoms with E-state index in [9.17, 15) is 0 Å². The lowest BCUT2D eigenvalue weighted by Crippen LogP contribution is -2.01. The Morgan fingerprint density at radius 2 is 0.839 bits per heavy atom. The Kier molecular flexibility index (Phi) is 6.56. The van der Waals surface area contributed by atoms with Gasteiger partial charge in [0.1, 0.15) is 22.3 Å². The maximum absolute atomic E-state index is 6.90. The van der Waals surface area contributed by atoms with Crippen LogP contribution in [-0.4, -0.2) is 15.0 Å². The van der Waals surface area contributed by atoms with Crippen LogP contribution in [0.1, 0.15) is 0 Å². The standard InChI is InChI=1S/C51H29N3O2/c1-3-15-34-30(11-1)13-7-21-41(34)50-52-49(53-51(54-50)42-22-8-14-31-12-2-4-16-35(31)42)33-26-27-36-32(29-33)25-28-40-39-20-9-19-38(48(39)56-47(36)40)37-18-10-24-45-46(37)43-17-5-6-23-44(43)55-45/h1-29H. The first-order chi connectivity index (χ1) is 27.7. The van der Waals surface area contributed by atoms with Crippen LogP contribution in [0.4, 0.5) is 0 Å². The van der Waals surface area contributed by atoms with Gasteiger partial charge in [0.15, 0.2) is 17.5 Å². The minimum absolute atomic E-state index is 0.611. The molecule has 5 nitrogen and oxygen atoms in total. The fourth-order valence-electron chi connectivity index (χ4n) is 8.52. The summed E-state index contributed by atoms with van der Waals surface area (Å²) in [7, 11) is 0. The highest BCUT2D eigenvalue weighted by Crippen LogP contribution is 2.43. The Hall–Kier alpha value is -7.63. The predicted molar refractivity (Wildman–Crippen MR) is 229 cm³/mol. The molecule has 0 unspecified atom stereocenters. The van der Waals surface area contributed by atoms with Crippen LogP contribution >= 0.6 is 0 Å². The molecule has 260 valence electrons. The Labute approximate surface area is 320 Å². The van der Waals surface area contributed by atoms with E-state index in [0.717, 1.165) is 104 Å². The van der Waals surface area contributed by atoms with Crippen LogP contribution in [0, 0.1) is 0 Å². The molecule has 56 heavy (non-hydrogen) atoms. The average Bonchev–Trinajstić information content (AvgIpc) is 3.85. The van der Waals surface area contributed by atoms with E-state index in [1.54, 1.807) is 0 Å². The van der Waals surface area contributed by atoms with Crippen molar-refractivity contribution in [1.29, 1.82) is 0 Å². The Morgan fingerprint density at radius 3 is 1.61 bits per heavy atom. The summed E-state index contributed by atoms with van der Waals surface area (Å²) >= 11 is 0. The largest absolute Gasteiger partial charge is 0.456 e. The van der Waals surface area contributed by atoms with Gasteiger partial charge in [-0.2, -0.15) is 0 Å². The van der Waals surface area contributed by atoms with Gasteiger partial charge in [-0.1, -0.05) is 146 Å². The van der Waals surface area contributed by atoms with E-state index in [4.69, 9.17) is 23.8 Å². The zero-order valence-corrected chi connectivity index (χ0v) is 29.9. The molecule has 0 saturated heterocycles. The van der Waals surface area contributed by atoms with Gasteiger partial charge in [-0.05, 0) is 62.8 Å². The first-order valence-corrected chi connectivity index (χ1v) is 18.8. The van der Waals surface area contributed by atoms with Gasteiger partial charge in [0.25, 0.3) is 0 Å². The monoisotopic (exact) mass is 715 g/mol. The molecule has 0 radical (unpaired) electrons. The number of aromatic nitrogens is 3. The Balaban J connectivity index is 1.05. The SMILES string of the molecule is c1ccc2c(-c3nc(-c4ccc5c(ccc6c7cccc(-c8cccc9oc%10ccccc%10c89)c7oc56)c4)nc(-c4cccc5ccccc45)n3)cccc2c1. The lowest BCUT2D eigenvalue weighted by Gasteiger charge is -2.12. The molecule has 0 aliphatic heterocycles. The summed E-state index contributed by atoms with van der Waals surface area (Å²) in [6.45, 7) is 0. The molecule has 9 aromatic carbocycles. The van der Waals surface area contributed by atoms with Crippen molar-refractivity contribution in [3.05, 3.63) is 176 Å². The third-order valence-electron chi connectivity index (χ3n) is 11.1. The quantitative estimate of drug-likeness (QED) is 0.181. The summed E-state index contributed by atoms with van der Waals surface area (Å²) < 4.78 is 13.1. The summed E-state index contributed by atoms with van der Waals surface area (Å²) in [5.41, 5.74) is 8.40. The minimum Gasteiger partial charge on any atom is -0.456 e. The molecular formula is C51H29N3O2. The van der Waals surface area contributed by atoms with Crippen molar-refractivity contribution < 1.29 is 8.83 Å². The third-order valence-corrected chi connectivity index (χ3v) is 11.1. The molecule has 3 aromatic heterocycles. The second-order valence-electron chi connectivity index (χ2n) is 14.3. The molecule has 12 aromatic rings. The van der Waals surface area contributed by atoms with Crippen molar-refractivity contribution in [2.24, 2.45) is 0 Å². The topological polar surface area (TPSA) is 65.0 Å². The molecule has 0 atom stereocenters. The number of rotatable bonds is 4. The highest BCUT2D eigenvalue weighted by atomic mass is 16.3. The van der Waals surface area contributed by atoms with Crippen molar-refractivity contribution in [2.45, 2.75) is 0 Å². The normalized spacial score (nSPS) is 11.9. The van der Waals surface area contributed by atoms with E-state index in [2.05, 4.69) is 158 Å². The van der Waals surface area contributed by atoms with E-state index in [1.807, 2.05) is 18.2 Å². The van der Waals surface area contributed by atoms with Crippen LogP contribution in [0.25, 0.3) is 121 Å². The zero-order valence-electron chi connectivity index (χ0n) is 29.9. The highest BCUT2D eigenvalue weighted by Gasteiger charge is 2.20. The smallest absolute Gasteiger partial charge is 0.164 e. The van der Waals surface area contributed by atoms with E-state index in [-0.39, 0.29) is 0 Å². The van der Waals surface area contributed by atoms with Crippen LogP contribution < -0.4 is 0 Å². The fraction of sp³-hybridized carbons (Fsp3) is 0. The summed E-state index contributed by atoms with van der Waals surface area (Å²) in [6, 6.07) is 60.9. The van der Waals surface area contributed by atoms with Crippen LogP contribution in [0.2, 0.25) is 0 Å². The number of fused-ring (bicyclic) bond motifs is 10. The molecule has 0 bridgehead atoms. The zero-order chi connectivity index (χ0) is 36.7. The Bertz CT molecular complexity index is 3450. The van der Waals surface area contributed by atoms with Crippen molar-refractivity contribution in [1.82, 2.24) is 15.0 Å². The number of nitrogens with zero attached hydrogens (tertiary/aromatic N) is 3. The minimum atomic E-state index is 0.611. The molecule has 0 aliphatic carbocycles. The second kappa shape index (κ2) is 11.9. The summed E-state index contributed by atoms with van der Waals surface area (Å²) in [6.07, 6.45) is 0. The Morgan fingerprint density at radius 1 is 0.304 bits per heavy atom. The third kappa shape index (κ3) is 4.64. The van der Waals surface area contributed by atoms with Gasteiger partial charge in [-0.3, -0.25) is 0 Å². The van der Waals surface area contributed by atoms with Crippen LogP contribution in [0.5, 0.6) is 0 Å². The average molecular weight is 716 g/mol. The molecule has 0 N–H and O–H groups in total. The summed E-state index contributed by atoms with van der Waals surface area (Å²) in [4.78, 5) is 15.5. The van der Waals surface area contributed by atoms with Crippen molar-refractivity contribution in [3.8, 4) is 45.3 Å². The molecule has 0 saturated carbocycles. The molecule has 0 aliphatic rings. The number of para-hydroxylation sites is 2. The number of furan rings is 2. The molecular weight excluding hydrogens is 687 g/mol. The fourth-order valence-corrected chi connectivity index (χ4v) is 8.52. The van der Waals surface area contributed by atoms with Gasteiger partial charge in [-0.15, -0.1) is 0 Å². The number of hydrogen-bond acceptors (Lipinski definition) is 5. The van der Waals surface area contributed by atoms with Crippen LogP contribution in [0.3, 0.4) is 0 Å². The van der Waals surface area contributed by atoms with Crippen molar-refractivity contribution >= 4 is 76.2 Å². The lowest BCUT2D eigenvalue weighted by atomic mass is 9.97. The lowest BCUT2D eigenvalue weighted by molar-refractivity contribution is 0.669. The predicted octanol–water partition coefficient (Wildman–Crippen LogP) is 13.8. The van der Waals surface area contributed by atoms with Gasteiger partial charge in [0.2, 0.25) is 0 Å². The maximum atomic E-state index is 6.90. The van der Waals surface area contributed by atoms with Gasteiger partial charge in [0.05, 0.1) is 0 Å². The highest BCUT2D eigenvalue weighted by molar-refractivity contribution is 6.20. The van der Waals surface area contributed by atoms with Gasteiger partial charge >= 0.3 is 0 Å². The summed E-state index contributed by atoms with van der Waals surface area (Å²) in [5.74, 6) is 1.88. The molecule has 12 rings (SSSR count). The van der Waals surface area contributed by atoms with Gasteiger partial charge in [-0.25, -0.2) is 15.0 Å². The first kappa shape index (κ1) is 30.8. The van der Waals surface area contributed by atoms with E-state index >= 15 is 0 Å². The van der Waals surface area contributed by atoms with Gasteiger partial charge < -0.3 is 8.83 Å². The molecule has 0 amide bonds. The number of benzene rings is 9. The van der Waals surface area contributed by atoms with E-state index < -0.39 is 0 Å². The maximum Gasteiger partial charge on any atom is 0.164 e. The van der Waals surface area contributed by atoms with Crippen LogP contribution in [0.15, 0.2) is 185 Å². The van der Waals surface area contributed by atoms with E-state index in [1.165, 1.54) is 0 Å². The van der Waals surface area contributed by atoms with Crippen LogP contribution in [-0.2, 0) is 0 Å². The molecule has 0 spiro atoms. The van der Waals surface area contributed by atoms with Crippen molar-refractivity contribution in [3.63, 3.8) is 0 Å². The van der Waals surface area contributed by atoms with Gasteiger partial charge in [0, 0.05) is 49.2 Å².